The van der Waals surface area contributed by atoms with Gasteiger partial charge >= 0.3 is 11.9 Å². The molecular weight excluding hydrogens is 628 g/mol. The third-order valence-corrected chi connectivity index (χ3v) is 8.28. The van der Waals surface area contributed by atoms with Gasteiger partial charge in [-0.05, 0) is 79.9 Å². The SMILES string of the molecule is CCOC(=O)c1c(OC)cc(-c2ccc(N3CCCN(c4ccc(-c5cc(OC)c(C(=O)OCC)c(OC)c5)cn4)CC3)nc2)cc1OC. The van der Waals surface area contributed by atoms with E-state index in [0.717, 1.165) is 66.5 Å². The van der Waals surface area contributed by atoms with Crippen molar-refractivity contribution in [2.24, 2.45) is 0 Å². The maximum absolute atomic E-state index is 12.5. The van der Waals surface area contributed by atoms with Crippen LogP contribution in [0.2, 0.25) is 0 Å². The van der Waals surface area contributed by atoms with E-state index in [0.29, 0.717) is 23.0 Å². The number of esters is 2. The third kappa shape index (κ3) is 7.64. The average Bonchev–Trinajstić information content (AvgIpc) is 3.40. The van der Waals surface area contributed by atoms with Crippen LogP contribution in [0, 0.1) is 0 Å². The predicted molar refractivity (Wildman–Crippen MR) is 187 cm³/mol. The Morgan fingerprint density at radius 1 is 0.571 bits per heavy atom. The summed E-state index contributed by atoms with van der Waals surface area (Å²) in [6.07, 6.45) is 4.57. The Labute approximate surface area is 286 Å². The minimum atomic E-state index is -0.499. The average molecular weight is 671 g/mol. The standard InChI is InChI=1S/C37H42N4O8/c1-7-48-36(42)34-28(44-3)18-26(19-29(34)45-4)24-10-12-32(38-22-24)40-14-9-15-41(17-16-40)33-13-11-25(23-39-33)27-20-30(46-5)35(31(21-27)47-6)37(43)49-8-2/h10-13,18-23H,7-9,14-17H2,1-6H3. The van der Waals surface area contributed by atoms with Crippen molar-refractivity contribution in [3.8, 4) is 45.3 Å². The van der Waals surface area contributed by atoms with Gasteiger partial charge in [0.2, 0.25) is 0 Å². The molecule has 1 aliphatic rings. The molecule has 12 nitrogen and oxygen atoms in total. The molecule has 0 aliphatic carbocycles. The number of carbonyl (C=O) groups excluding carboxylic acids is 2. The molecule has 1 saturated heterocycles. The van der Waals surface area contributed by atoms with Gasteiger partial charge in [-0.3, -0.25) is 0 Å². The summed E-state index contributed by atoms with van der Waals surface area (Å²) < 4.78 is 32.5. The maximum atomic E-state index is 12.5. The van der Waals surface area contributed by atoms with E-state index < -0.39 is 11.9 Å². The fourth-order valence-electron chi connectivity index (χ4n) is 5.83. The first-order valence-corrected chi connectivity index (χ1v) is 16.1. The summed E-state index contributed by atoms with van der Waals surface area (Å²) in [5, 5.41) is 0. The van der Waals surface area contributed by atoms with Crippen LogP contribution in [0.1, 0.15) is 41.0 Å². The van der Waals surface area contributed by atoms with Gasteiger partial charge in [-0.25, -0.2) is 19.6 Å². The zero-order chi connectivity index (χ0) is 34.9. The molecule has 0 atom stereocenters. The van der Waals surface area contributed by atoms with Crippen molar-refractivity contribution in [1.29, 1.82) is 0 Å². The summed E-state index contributed by atoms with van der Waals surface area (Å²) >= 11 is 0. The van der Waals surface area contributed by atoms with Gasteiger partial charge in [-0.2, -0.15) is 0 Å². The van der Waals surface area contributed by atoms with Crippen LogP contribution in [0.15, 0.2) is 60.9 Å². The van der Waals surface area contributed by atoms with Gasteiger partial charge in [-0.15, -0.1) is 0 Å². The van der Waals surface area contributed by atoms with E-state index in [1.807, 2.05) is 36.7 Å². The molecule has 1 aliphatic heterocycles. The smallest absolute Gasteiger partial charge is 0.345 e. The molecule has 0 amide bonds. The zero-order valence-corrected chi connectivity index (χ0v) is 28.8. The third-order valence-electron chi connectivity index (χ3n) is 8.28. The number of nitrogens with zero attached hydrogens (tertiary/aromatic N) is 4. The van der Waals surface area contributed by atoms with E-state index in [1.54, 1.807) is 38.1 Å². The largest absolute Gasteiger partial charge is 0.496 e. The number of rotatable bonds is 12. The molecule has 0 unspecified atom stereocenters. The van der Waals surface area contributed by atoms with Gasteiger partial charge in [-0.1, -0.05) is 0 Å². The molecule has 0 radical (unpaired) electrons. The fourth-order valence-corrected chi connectivity index (χ4v) is 5.83. The first-order valence-electron chi connectivity index (χ1n) is 16.1. The monoisotopic (exact) mass is 670 g/mol. The Morgan fingerprint density at radius 2 is 0.939 bits per heavy atom. The van der Waals surface area contributed by atoms with E-state index in [9.17, 15) is 9.59 Å². The topological polar surface area (TPSA) is 122 Å². The van der Waals surface area contributed by atoms with Crippen molar-refractivity contribution in [3.63, 3.8) is 0 Å². The molecule has 1 fully saturated rings. The lowest BCUT2D eigenvalue weighted by molar-refractivity contribution is 0.0508. The number of benzene rings is 2. The number of aromatic nitrogens is 2. The number of pyridine rings is 2. The second-order valence-electron chi connectivity index (χ2n) is 11.1. The molecule has 0 saturated carbocycles. The van der Waals surface area contributed by atoms with E-state index in [4.69, 9.17) is 38.4 Å². The van der Waals surface area contributed by atoms with Crippen LogP contribution in [0.25, 0.3) is 22.3 Å². The first kappa shape index (κ1) is 34.8. The lowest BCUT2D eigenvalue weighted by Crippen LogP contribution is -2.31. The summed E-state index contributed by atoms with van der Waals surface area (Å²) in [7, 11) is 6.04. The Kier molecular flexibility index (Phi) is 11.4. The molecule has 5 rings (SSSR count). The Hall–Kier alpha value is -5.52. The molecule has 2 aromatic heterocycles. The van der Waals surface area contributed by atoms with Crippen molar-refractivity contribution < 1.29 is 38.0 Å². The minimum Gasteiger partial charge on any atom is -0.496 e. The summed E-state index contributed by atoms with van der Waals surface area (Å²) in [6.45, 7) is 7.25. The number of methoxy groups -OCH3 is 4. The van der Waals surface area contributed by atoms with Crippen LogP contribution in [-0.4, -0.2) is 89.7 Å². The molecule has 49 heavy (non-hydrogen) atoms. The van der Waals surface area contributed by atoms with Gasteiger partial charge in [0.05, 0.1) is 41.7 Å². The number of carbonyl (C=O) groups is 2. The lowest BCUT2D eigenvalue weighted by Gasteiger charge is -2.24. The second-order valence-corrected chi connectivity index (χ2v) is 11.1. The Bertz CT molecular complexity index is 1580. The number of anilines is 2. The number of hydrogen-bond acceptors (Lipinski definition) is 12. The molecule has 0 bridgehead atoms. The molecule has 258 valence electrons. The van der Waals surface area contributed by atoms with Gasteiger partial charge in [0, 0.05) is 49.7 Å². The molecule has 2 aromatic carbocycles. The molecular formula is C37H42N4O8. The fraction of sp³-hybridized carbons (Fsp3) is 0.351. The highest BCUT2D eigenvalue weighted by molar-refractivity contribution is 5.97. The van der Waals surface area contributed by atoms with Crippen molar-refractivity contribution in [2.45, 2.75) is 20.3 Å². The Balaban J connectivity index is 1.28. The second kappa shape index (κ2) is 16.1. The Morgan fingerprint density at radius 3 is 1.22 bits per heavy atom. The lowest BCUT2D eigenvalue weighted by atomic mass is 10.0. The number of ether oxygens (including phenoxy) is 6. The predicted octanol–water partition coefficient (Wildman–Crippen LogP) is 5.92. The number of hydrogen-bond donors (Lipinski definition) is 0. The normalized spacial score (nSPS) is 12.9. The highest BCUT2D eigenvalue weighted by atomic mass is 16.5. The van der Waals surface area contributed by atoms with Crippen LogP contribution >= 0.6 is 0 Å². The van der Waals surface area contributed by atoms with E-state index in [1.165, 1.54) is 28.4 Å². The summed E-state index contributed by atoms with van der Waals surface area (Å²) in [5.41, 5.74) is 3.85. The van der Waals surface area contributed by atoms with Crippen molar-refractivity contribution in [2.75, 3.05) is 77.6 Å². The van der Waals surface area contributed by atoms with Crippen LogP contribution < -0.4 is 28.7 Å². The van der Waals surface area contributed by atoms with Crippen LogP contribution in [-0.2, 0) is 9.47 Å². The van der Waals surface area contributed by atoms with Crippen molar-refractivity contribution >= 4 is 23.6 Å². The van der Waals surface area contributed by atoms with Crippen molar-refractivity contribution in [1.82, 2.24) is 9.97 Å². The van der Waals surface area contributed by atoms with Crippen LogP contribution in [0.3, 0.4) is 0 Å². The van der Waals surface area contributed by atoms with E-state index in [-0.39, 0.29) is 24.3 Å². The van der Waals surface area contributed by atoms with Crippen molar-refractivity contribution in [3.05, 3.63) is 72.1 Å². The van der Waals surface area contributed by atoms with E-state index in [2.05, 4.69) is 9.80 Å². The molecule has 0 N–H and O–H groups in total. The summed E-state index contributed by atoms with van der Waals surface area (Å²) in [6, 6.07) is 15.2. The molecule has 3 heterocycles. The first-order chi connectivity index (χ1) is 23.8. The quantitative estimate of drug-likeness (QED) is 0.167. The van der Waals surface area contributed by atoms with Gasteiger partial charge in [0.1, 0.15) is 45.8 Å². The van der Waals surface area contributed by atoms with E-state index >= 15 is 0 Å². The maximum Gasteiger partial charge on any atom is 0.345 e. The van der Waals surface area contributed by atoms with Crippen LogP contribution in [0.5, 0.6) is 23.0 Å². The zero-order valence-electron chi connectivity index (χ0n) is 28.8. The van der Waals surface area contributed by atoms with Gasteiger partial charge in [0.25, 0.3) is 0 Å². The highest BCUT2D eigenvalue weighted by Crippen LogP contribution is 2.37. The highest BCUT2D eigenvalue weighted by Gasteiger charge is 2.24. The summed E-state index contributed by atoms with van der Waals surface area (Å²) in [4.78, 5) is 39.2. The molecule has 12 heteroatoms. The van der Waals surface area contributed by atoms with Gasteiger partial charge < -0.3 is 38.2 Å². The minimum absolute atomic E-state index is 0.247. The van der Waals surface area contributed by atoms with Crippen LogP contribution in [0.4, 0.5) is 11.6 Å². The summed E-state index contributed by atoms with van der Waals surface area (Å²) in [5.74, 6) is 2.25. The molecule has 4 aromatic rings. The van der Waals surface area contributed by atoms with Gasteiger partial charge in [0.15, 0.2) is 0 Å². The molecule has 0 spiro atoms.